The van der Waals surface area contributed by atoms with Crippen LogP contribution < -0.4 is 0 Å². The Kier molecular flexibility index (Phi) is 2.69. The van der Waals surface area contributed by atoms with Gasteiger partial charge in [0, 0.05) is 0 Å². The van der Waals surface area contributed by atoms with E-state index in [2.05, 4.69) is 4.52 Å². The molecule has 0 bridgehead atoms. The molecule has 0 saturated carbocycles. The van der Waals surface area contributed by atoms with Crippen LogP contribution in [-0.2, 0) is 22.6 Å². The Balaban J connectivity index is 2.07. The molecule has 2 heterocycles. The molecule has 5 nitrogen and oxygen atoms in total. The fourth-order valence-corrected chi connectivity index (χ4v) is 3.89. The summed E-state index contributed by atoms with van der Waals surface area (Å²) >= 11 is 0. The van der Waals surface area contributed by atoms with E-state index in [9.17, 15) is 13.2 Å². The number of rotatable bonds is 2. The van der Waals surface area contributed by atoms with Gasteiger partial charge < -0.3 is 0 Å². The Bertz CT molecular complexity index is 222. The molecule has 2 aliphatic rings. The predicted octanol–water partition coefficient (Wildman–Crippen LogP) is 1.79. The van der Waals surface area contributed by atoms with Crippen LogP contribution in [0.2, 0.25) is 0 Å². The van der Waals surface area contributed by atoms with Crippen LogP contribution in [0, 0.1) is 0 Å². The van der Waals surface area contributed by atoms with Gasteiger partial charge in [0.25, 0.3) is 0 Å². The molecule has 9 heteroatoms. The summed E-state index contributed by atoms with van der Waals surface area (Å²) in [5.74, 6) is 0. The maximum atomic E-state index is 12.0. The Hall–Kier alpha value is 0.0200. The van der Waals surface area contributed by atoms with Crippen molar-refractivity contribution in [1.29, 1.82) is 0 Å². The zero-order valence-electron chi connectivity index (χ0n) is 7.66. The summed E-state index contributed by atoms with van der Waals surface area (Å²) in [5.41, 5.74) is 0. The molecule has 1 spiro atoms. The van der Waals surface area contributed by atoms with Crippen molar-refractivity contribution in [2.75, 3.05) is 33.0 Å². The van der Waals surface area contributed by atoms with Gasteiger partial charge in [-0.05, 0) is 0 Å². The topological polar surface area (TPSA) is 46.2 Å². The fraction of sp³-hybridized carbons (Fsp3) is 1.00. The molecule has 0 atom stereocenters. The van der Waals surface area contributed by atoms with Gasteiger partial charge in [-0.1, -0.05) is 0 Å². The average Bonchev–Trinajstić information content (AvgIpc) is 2.74. The predicted molar refractivity (Wildman–Crippen MR) is 42.7 cm³/mol. The van der Waals surface area contributed by atoms with Gasteiger partial charge in [0.1, 0.15) is 0 Å². The van der Waals surface area contributed by atoms with Crippen molar-refractivity contribution in [2.24, 2.45) is 0 Å². The first kappa shape index (κ1) is 11.5. The van der Waals surface area contributed by atoms with Gasteiger partial charge in [0.05, 0.1) is 0 Å². The monoisotopic (exact) mass is 250 g/mol. The van der Waals surface area contributed by atoms with E-state index in [0.717, 1.165) is 0 Å². The minimum atomic E-state index is -4.47. The van der Waals surface area contributed by atoms with E-state index < -0.39 is 20.5 Å². The van der Waals surface area contributed by atoms with Gasteiger partial charge >= 0.3 is 82.7 Å². The summed E-state index contributed by atoms with van der Waals surface area (Å²) in [6.45, 7) is -1.08. The van der Waals surface area contributed by atoms with Crippen molar-refractivity contribution in [1.82, 2.24) is 0 Å². The van der Waals surface area contributed by atoms with E-state index in [1.54, 1.807) is 0 Å². The van der Waals surface area contributed by atoms with Gasteiger partial charge in [-0.25, -0.2) is 0 Å². The molecule has 0 aromatic carbocycles. The number of hydrogen-bond acceptors (Lipinski definition) is 5. The maximum absolute atomic E-state index is 12.0. The summed E-state index contributed by atoms with van der Waals surface area (Å²) in [4.78, 5) is 0. The quantitative estimate of drug-likeness (QED) is 0.699. The average molecular weight is 250 g/mol. The molecule has 2 rings (SSSR count). The first-order chi connectivity index (χ1) is 6.93. The molecule has 0 N–H and O–H groups in total. The molecule has 0 aliphatic carbocycles. The molecule has 15 heavy (non-hydrogen) atoms. The standard InChI is InChI=1S/C6H10F3O5P/c7-6(8,9)5-14-15(10-1-2-11-15)12-3-4-13-15/h1-5H2. The van der Waals surface area contributed by atoms with Crippen molar-refractivity contribution in [3.05, 3.63) is 0 Å². The van der Waals surface area contributed by atoms with Crippen LogP contribution in [0.3, 0.4) is 0 Å². The third-order valence-corrected chi connectivity index (χ3v) is 4.78. The normalized spacial score (nSPS) is 31.5. The van der Waals surface area contributed by atoms with Crippen LogP contribution >= 0.6 is 7.74 Å². The molecule has 0 radical (unpaired) electrons. The minimum absolute atomic E-state index is 0.107. The van der Waals surface area contributed by atoms with Crippen LogP contribution in [0.25, 0.3) is 0 Å². The Labute approximate surface area is 83.7 Å². The van der Waals surface area contributed by atoms with Gasteiger partial charge in [0.2, 0.25) is 0 Å². The van der Waals surface area contributed by atoms with E-state index in [0.29, 0.717) is 0 Å². The zero-order valence-corrected chi connectivity index (χ0v) is 8.55. The van der Waals surface area contributed by atoms with Crippen LogP contribution in [0.5, 0.6) is 0 Å². The number of alkyl halides is 3. The SMILES string of the molecule is FC(F)(F)COP12(OCCO1)OCCO2. The molecule has 90 valence electrons. The van der Waals surface area contributed by atoms with Gasteiger partial charge in [-0.3, -0.25) is 0 Å². The molecule has 0 amide bonds. The summed E-state index contributed by atoms with van der Waals surface area (Å²) in [6.07, 6.45) is -4.47. The second-order valence-electron chi connectivity index (χ2n) is 2.97. The Morgan fingerprint density at radius 1 is 0.933 bits per heavy atom. The molecule has 0 unspecified atom stereocenters. The van der Waals surface area contributed by atoms with Crippen LogP contribution in [0.15, 0.2) is 0 Å². The summed E-state index contributed by atoms with van der Waals surface area (Å²) < 4.78 is 60.8. The van der Waals surface area contributed by atoms with Crippen molar-refractivity contribution < 1.29 is 35.8 Å². The first-order valence-corrected chi connectivity index (χ1v) is 6.10. The van der Waals surface area contributed by atoms with Crippen molar-refractivity contribution in [3.63, 3.8) is 0 Å². The van der Waals surface area contributed by atoms with Gasteiger partial charge in [-0.15, -0.1) is 0 Å². The van der Waals surface area contributed by atoms with Crippen LogP contribution in [0.4, 0.5) is 13.2 Å². The van der Waals surface area contributed by atoms with Gasteiger partial charge in [-0.2, -0.15) is 0 Å². The van der Waals surface area contributed by atoms with E-state index in [1.807, 2.05) is 0 Å². The first-order valence-electron chi connectivity index (χ1n) is 4.28. The zero-order chi connectivity index (χ0) is 11.0. The molecule has 2 fully saturated rings. The molecule has 0 aromatic rings. The molecule has 2 aliphatic heterocycles. The van der Waals surface area contributed by atoms with Crippen molar-refractivity contribution in [2.45, 2.75) is 6.18 Å². The molecular formula is C6H10F3O5P. The fourth-order valence-electron chi connectivity index (χ4n) is 1.30. The van der Waals surface area contributed by atoms with E-state index >= 15 is 0 Å². The van der Waals surface area contributed by atoms with Crippen LogP contribution in [0.1, 0.15) is 0 Å². The van der Waals surface area contributed by atoms with Gasteiger partial charge in [0.15, 0.2) is 0 Å². The summed E-state index contributed by atoms with van der Waals surface area (Å²) in [6, 6.07) is 0. The van der Waals surface area contributed by atoms with Crippen molar-refractivity contribution in [3.8, 4) is 0 Å². The van der Waals surface area contributed by atoms with Crippen LogP contribution in [-0.4, -0.2) is 39.2 Å². The Morgan fingerprint density at radius 2 is 1.33 bits per heavy atom. The molecular weight excluding hydrogens is 240 g/mol. The molecule has 0 aromatic heterocycles. The van der Waals surface area contributed by atoms with E-state index in [-0.39, 0.29) is 26.4 Å². The third kappa shape index (κ3) is 2.25. The Morgan fingerprint density at radius 3 is 1.67 bits per heavy atom. The second kappa shape index (κ2) is 3.51. The van der Waals surface area contributed by atoms with E-state index in [4.69, 9.17) is 18.1 Å². The number of halogens is 3. The second-order valence-corrected chi connectivity index (χ2v) is 5.75. The van der Waals surface area contributed by atoms with E-state index in [1.165, 1.54) is 0 Å². The van der Waals surface area contributed by atoms with Crippen molar-refractivity contribution >= 4 is 7.74 Å². The summed E-state index contributed by atoms with van der Waals surface area (Å²) in [7, 11) is -4.32. The molecule has 2 saturated heterocycles. The number of hydrogen-bond donors (Lipinski definition) is 0. The summed E-state index contributed by atoms with van der Waals surface area (Å²) in [5, 5.41) is 0. The third-order valence-electron chi connectivity index (χ3n) is 1.81.